The van der Waals surface area contributed by atoms with E-state index in [1.807, 2.05) is 0 Å². The van der Waals surface area contributed by atoms with Crippen LogP contribution in [0.2, 0.25) is 0 Å². The van der Waals surface area contributed by atoms with Gasteiger partial charge in [0.05, 0.1) is 11.9 Å². The number of ether oxygens (including phenoxy) is 2. The Balaban J connectivity index is 1.66. The number of nitrogens with zero attached hydrogens (tertiary/aromatic N) is 1. The van der Waals surface area contributed by atoms with Crippen molar-refractivity contribution in [1.82, 2.24) is 4.57 Å². The van der Waals surface area contributed by atoms with Crippen LogP contribution in [0.15, 0.2) is 42.5 Å². The normalized spacial score (nSPS) is 14.5. The van der Waals surface area contributed by atoms with Crippen molar-refractivity contribution < 1.29 is 37.3 Å². The number of hydrogen-bond donors (Lipinski definition) is 1. The second kappa shape index (κ2) is 8.80. The molecule has 174 valence electrons. The van der Waals surface area contributed by atoms with E-state index in [1.54, 1.807) is 13.0 Å². The average molecular weight is 461 g/mol. The van der Waals surface area contributed by atoms with E-state index < -0.39 is 24.0 Å². The van der Waals surface area contributed by atoms with E-state index in [0.717, 1.165) is 37.8 Å². The number of carbonyl (C=O) groups excluding carboxylic acids is 2. The molecule has 3 aromatic rings. The maximum Gasteiger partial charge on any atom is 0.573 e. The molecule has 0 spiro atoms. The molecule has 1 aliphatic carbocycles. The summed E-state index contributed by atoms with van der Waals surface area (Å²) in [6, 6.07) is 9.06. The van der Waals surface area contributed by atoms with Crippen LogP contribution < -0.4 is 4.74 Å². The Morgan fingerprint density at radius 1 is 1.09 bits per heavy atom. The fraction of sp³-hybridized carbons (Fsp3) is 0.333. The monoisotopic (exact) mass is 461 g/mol. The van der Waals surface area contributed by atoms with Crippen molar-refractivity contribution >= 4 is 22.8 Å². The van der Waals surface area contributed by atoms with Crippen molar-refractivity contribution in [1.29, 1.82) is 0 Å². The smallest absolute Gasteiger partial charge is 0.508 e. The van der Waals surface area contributed by atoms with Gasteiger partial charge in [-0.3, -0.25) is 14.2 Å². The Hall–Kier alpha value is -3.49. The predicted octanol–water partition coefficient (Wildman–Crippen LogP) is 5.27. The number of alkyl halides is 3. The predicted molar refractivity (Wildman–Crippen MR) is 113 cm³/mol. The van der Waals surface area contributed by atoms with E-state index in [9.17, 15) is 27.9 Å². The van der Waals surface area contributed by atoms with Crippen LogP contribution in [-0.4, -0.2) is 34.0 Å². The summed E-state index contributed by atoms with van der Waals surface area (Å²) < 4.78 is 48.0. The van der Waals surface area contributed by atoms with Crippen molar-refractivity contribution in [3.05, 3.63) is 59.3 Å². The van der Waals surface area contributed by atoms with E-state index in [1.165, 1.54) is 28.8 Å². The third-order valence-electron chi connectivity index (χ3n) is 5.78. The highest BCUT2D eigenvalue weighted by atomic mass is 19.4. The largest absolute Gasteiger partial charge is 0.573 e. The lowest BCUT2D eigenvalue weighted by Crippen LogP contribution is -2.18. The van der Waals surface area contributed by atoms with Gasteiger partial charge in [-0.15, -0.1) is 13.2 Å². The lowest BCUT2D eigenvalue weighted by atomic mass is 10.1. The summed E-state index contributed by atoms with van der Waals surface area (Å²) in [6.45, 7) is 1.67. The van der Waals surface area contributed by atoms with Crippen LogP contribution in [0.1, 0.15) is 47.3 Å². The molecule has 1 fully saturated rings. The van der Waals surface area contributed by atoms with Gasteiger partial charge >= 0.3 is 12.3 Å². The summed E-state index contributed by atoms with van der Waals surface area (Å²) in [5.41, 5.74) is 1.64. The van der Waals surface area contributed by atoms with Crippen LogP contribution in [-0.2, 0) is 16.0 Å². The number of aromatic nitrogens is 1. The first-order valence-electron chi connectivity index (χ1n) is 10.6. The fourth-order valence-electron chi connectivity index (χ4n) is 4.26. The number of phenols is 1. The quantitative estimate of drug-likeness (QED) is 0.524. The van der Waals surface area contributed by atoms with Gasteiger partial charge in [0, 0.05) is 16.6 Å². The molecule has 2 aromatic carbocycles. The van der Waals surface area contributed by atoms with Gasteiger partial charge in [-0.05, 0) is 80.6 Å². The number of benzene rings is 2. The number of fused-ring (bicyclic) bond motifs is 1. The summed E-state index contributed by atoms with van der Waals surface area (Å²) in [6.07, 6.45) is -1.29. The van der Waals surface area contributed by atoms with E-state index in [2.05, 4.69) is 4.74 Å². The van der Waals surface area contributed by atoms with Crippen molar-refractivity contribution in [3.8, 4) is 11.5 Å². The minimum Gasteiger partial charge on any atom is -0.508 e. The van der Waals surface area contributed by atoms with Crippen LogP contribution in [0.5, 0.6) is 11.5 Å². The SMILES string of the molecule is Cc1c(CC(=O)OC2CCCC2)c2cc(O)ccc2n1C(=O)c1ccc(OC(F)(F)F)cc1. The maximum absolute atomic E-state index is 13.3. The minimum atomic E-state index is -4.83. The Kier molecular flexibility index (Phi) is 6.05. The van der Waals surface area contributed by atoms with Crippen molar-refractivity contribution in [2.45, 2.75) is 51.5 Å². The van der Waals surface area contributed by atoms with Crippen LogP contribution >= 0.6 is 0 Å². The maximum atomic E-state index is 13.3. The zero-order chi connectivity index (χ0) is 23.8. The number of carbonyl (C=O) groups is 2. The highest BCUT2D eigenvalue weighted by molar-refractivity contribution is 6.05. The molecule has 9 heteroatoms. The molecule has 0 unspecified atom stereocenters. The molecule has 1 saturated carbocycles. The van der Waals surface area contributed by atoms with E-state index in [4.69, 9.17) is 4.74 Å². The number of halogens is 3. The van der Waals surface area contributed by atoms with Crippen molar-refractivity contribution in [3.63, 3.8) is 0 Å². The lowest BCUT2D eigenvalue weighted by molar-refractivity contribution is -0.274. The average Bonchev–Trinajstić information content (AvgIpc) is 3.33. The summed E-state index contributed by atoms with van der Waals surface area (Å²) in [5, 5.41) is 10.5. The molecule has 0 aliphatic heterocycles. The first kappa shape index (κ1) is 22.7. The molecular formula is C24H22F3NO5. The molecule has 0 amide bonds. The second-order valence-electron chi connectivity index (χ2n) is 8.05. The summed E-state index contributed by atoms with van der Waals surface area (Å²) >= 11 is 0. The highest BCUT2D eigenvalue weighted by Crippen LogP contribution is 2.31. The Bertz CT molecular complexity index is 1190. The van der Waals surface area contributed by atoms with Gasteiger partial charge in [-0.2, -0.15) is 0 Å². The molecule has 0 bridgehead atoms. The molecule has 33 heavy (non-hydrogen) atoms. The first-order valence-corrected chi connectivity index (χ1v) is 10.6. The molecule has 1 N–H and O–H groups in total. The fourth-order valence-corrected chi connectivity index (χ4v) is 4.26. The number of esters is 1. The highest BCUT2D eigenvalue weighted by Gasteiger charge is 2.31. The van der Waals surface area contributed by atoms with E-state index in [0.29, 0.717) is 22.2 Å². The van der Waals surface area contributed by atoms with Crippen LogP contribution in [0.25, 0.3) is 10.9 Å². The Morgan fingerprint density at radius 3 is 2.39 bits per heavy atom. The zero-order valence-corrected chi connectivity index (χ0v) is 17.8. The topological polar surface area (TPSA) is 77.8 Å². The minimum absolute atomic E-state index is 0.0221. The van der Waals surface area contributed by atoms with E-state index in [-0.39, 0.29) is 23.8 Å². The summed E-state index contributed by atoms with van der Waals surface area (Å²) in [4.78, 5) is 25.8. The number of phenolic OH excluding ortho intramolecular Hbond substituents is 1. The third-order valence-corrected chi connectivity index (χ3v) is 5.78. The van der Waals surface area contributed by atoms with Crippen molar-refractivity contribution in [2.75, 3.05) is 0 Å². The summed E-state index contributed by atoms with van der Waals surface area (Å²) in [5.74, 6) is -1.36. The second-order valence-corrected chi connectivity index (χ2v) is 8.05. The zero-order valence-electron chi connectivity index (χ0n) is 17.8. The van der Waals surface area contributed by atoms with Gasteiger partial charge in [-0.1, -0.05) is 0 Å². The third kappa shape index (κ3) is 4.97. The molecule has 0 radical (unpaired) electrons. The van der Waals surface area contributed by atoms with Crippen LogP contribution in [0.4, 0.5) is 13.2 Å². The Morgan fingerprint density at radius 2 is 1.76 bits per heavy atom. The number of hydrogen-bond acceptors (Lipinski definition) is 5. The molecule has 4 rings (SSSR count). The summed E-state index contributed by atoms with van der Waals surface area (Å²) in [7, 11) is 0. The molecule has 1 aromatic heterocycles. The molecule has 1 aliphatic rings. The van der Waals surface area contributed by atoms with E-state index >= 15 is 0 Å². The molecule has 1 heterocycles. The van der Waals surface area contributed by atoms with Crippen LogP contribution in [0, 0.1) is 6.92 Å². The number of aromatic hydroxyl groups is 1. The van der Waals surface area contributed by atoms with Gasteiger partial charge in [0.2, 0.25) is 0 Å². The lowest BCUT2D eigenvalue weighted by Gasteiger charge is -2.12. The number of rotatable bonds is 5. The van der Waals surface area contributed by atoms with Gasteiger partial charge in [0.15, 0.2) is 0 Å². The van der Waals surface area contributed by atoms with Gasteiger partial charge < -0.3 is 14.6 Å². The van der Waals surface area contributed by atoms with Crippen molar-refractivity contribution in [2.24, 2.45) is 0 Å². The van der Waals surface area contributed by atoms with Gasteiger partial charge in [0.1, 0.15) is 17.6 Å². The molecule has 0 saturated heterocycles. The van der Waals surface area contributed by atoms with Crippen LogP contribution in [0.3, 0.4) is 0 Å². The molecular weight excluding hydrogens is 439 g/mol. The molecule has 6 nitrogen and oxygen atoms in total. The van der Waals surface area contributed by atoms with Gasteiger partial charge in [0.25, 0.3) is 5.91 Å². The Labute approximate surface area is 187 Å². The van der Waals surface area contributed by atoms with Gasteiger partial charge in [-0.25, -0.2) is 0 Å². The first-order chi connectivity index (χ1) is 15.6. The molecule has 0 atom stereocenters. The standard InChI is InChI=1S/C24H22F3NO5/c1-14-19(13-22(30)32-17-4-2-3-5-17)20-12-16(29)8-11-21(20)28(14)23(31)15-6-9-18(10-7-15)33-24(25,26)27/h6-12,17,29H,2-5,13H2,1H3.